The van der Waals surface area contributed by atoms with E-state index in [1.165, 1.54) is 19.3 Å². The Bertz CT molecular complexity index is 136. The Labute approximate surface area is 68.5 Å². The van der Waals surface area contributed by atoms with Gasteiger partial charge in [-0.25, -0.2) is 5.41 Å². The van der Waals surface area contributed by atoms with E-state index in [9.17, 15) is 0 Å². The Morgan fingerprint density at radius 1 is 1.18 bits per heavy atom. The van der Waals surface area contributed by atoms with E-state index in [1.807, 2.05) is 14.1 Å². The third kappa shape index (κ3) is 2.19. The standard InChI is InChI=1S/C8H17N3/c1-10(2)8(9)11-6-4-3-5-7-11/h9H,3-7H2,1-2H3/p+1. The van der Waals surface area contributed by atoms with Crippen LogP contribution in [-0.2, 0) is 0 Å². The molecule has 0 bridgehead atoms. The summed E-state index contributed by atoms with van der Waals surface area (Å²) in [6.07, 6.45) is 3.86. The highest BCUT2D eigenvalue weighted by Crippen LogP contribution is 2.06. The maximum atomic E-state index is 7.73. The molecule has 3 nitrogen and oxygen atoms in total. The topological polar surface area (TPSA) is 31.5 Å². The third-order valence-electron chi connectivity index (χ3n) is 2.15. The molecule has 0 amide bonds. The summed E-state index contributed by atoms with van der Waals surface area (Å²) >= 11 is 0. The van der Waals surface area contributed by atoms with E-state index < -0.39 is 0 Å². The zero-order chi connectivity index (χ0) is 8.27. The van der Waals surface area contributed by atoms with Gasteiger partial charge in [-0.3, -0.25) is 4.90 Å². The first-order valence-corrected chi connectivity index (χ1v) is 4.36. The van der Waals surface area contributed by atoms with E-state index in [2.05, 4.69) is 4.90 Å². The largest absolute Gasteiger partial charge is 0.311 e. The van der Waals surface area contributed by atoms with Gasteiger partial charge >= 0.3 is 0 Å². The molecular formula is C8H18N3+. The predicted octanol–water partition coefficient (Wildman–Crippen LogP) is -0.448. The van der Waals surface area contributed by atoms with Gasteiger partial charge in [-0.1, -0.05) is 0 Å². The van der Waals surface area contributed by atoms with Crippen molar-refractivity contribution in [1.82, 2.24) is 4.90 Å². The molecule has 0 aromatic carbocycles. The number of guanidine groups is 1. The second-order valence-corrected chi connectivity index (χ2v) is 3.40. The van der Waals surface area contributed by atoms with Gasteiger partial charge < -0.3 is 4.90 Å². The molecule has 1 fully saturated rings. The first kappa shape index (κ1) is 8.53. The van der Waals surface area contributed by atoms with Crippen LogP contribution in [0.3, 0.4) is 0 Å². The summed E-state index contributed by atoms with van der Waals surface area (Å²) in [5.74, 6) is 0.740. The van der Waals surface area contributed by atoms with E-state index in [4.69, 9.17) is 5.41 Å². The molecule has 0 aromatic heterocycles. The molecule has 1 saturated heterocycles. The van der Waals surface area contributed by atoms with Crippen LogP contribution in [0.4, 0.5) is 0 Å². The Hall–Kier alpha value is -0.570. The number of likely N-dealkylation sites (tertiary alicyclic amines) is 1. The van der Waals surface area contributed by atoms with Gasteiger partial charge in [0.2, 0.25) is 0 Å². The summed E-state index contributed by atoms with van der Waals surface area (Å²) in [4.78, 5) is 3.31. The minimum atomic E-state index is 0.740. The summed E-state index contributed by atoms with van der Waals surface area (Å²) in [5.41, 5.74) is 0. The second-order valence-electron chi connectivity index (χ2n) is 3.40. The Morgan fingerprint density at radius 3 is 2.18 bits per heavy atom. The predicted molar refractivity (Wildman–Crippen MR) is 46.0 cm³/mol. The number of hydrogen-bond acceptors (Lipinski definition) is 1. The maximum absolute atomic E-state index is 7.73. The average molecular weight is 156 g/mol. The Morgan fingerprint density at radius 2 is 1.73 bits per heavy atom. The highest BCUT2D eigenvalue weighted by Gasteiger charge is 2.17. The summed E-state index contributed by atoms with van der Waals surface area (Å²) < 4.78 is 0. The summed E-state index contributed by atoms with van der Waals surface area (Å²) in [7, 11) is 4.02. The van der Waals surface area contributed by atoms with Crippen molar-refractivity contribution in [2.45, 2.75) is 19.3 Å². The SMILES string of the molecule is C[NH+](C)C(=N)N1CCCCC1. The molecule has 0 atom stereocenters. The van der Waals surface area contributed by atoms with E-state index >= 15 is 0 Å². The van der Waals surface area contributed by atoms with Crippen molar-refractivity contribution in [3.8, 4) is 0 Å². The molecule has 2 N–H and O–H groups in total. The minimum absolute atomic E-state index is 0.740. The van der Waals surface area contributed by atoms with Gasteiger partial charge in [0, 0.05) is 13.1 Å². The molecule has 1 rings (SSSR count). The van der Waals surface area contributed by atoms with Crippen molar-refractivity contribution >= 4 is 5.96 Å². The zero-order valence-electron chi connectivity index (χ0n) is 7.48. The number of rotatable bonds is 0. The fourth-order valence-electron chi connectivity index (χ4n) is 1.43. The molecule has 1 aliphatic heterocycles. The van der Waals surface area contributed by atoms with Crippen LogP contribution >= 0.6 is 0 Å². The molecule has 0 aromatic rings. The monoisotopic (exact) mass is 156 g/mol. The lowest BCUT2D eigenvalue weighted by atomic mass is 10.1. The van der Waals surface area contributed by atoms with Crippen LogP contribution in [0.1, 0.15) is 19.3 Å². The van der Waals surface area contributed by atoms with Crippen molar-refractivity contribution in [1.29, 1.82) is 5.41 Å². The van der Waals surface area contributed by atoms with Crippen molar-refractivity contribution in [3.63, 3.8) is 0 Å². The molecule has 64 valence electrons. The molecular weight excluding hydrogens is 138 g/mol. The minimum Gasteiger partial charge on any atom is -0.311 e. The lowest BCUT2D eigenvalue weighted by molar-refractivity contribution is -0.765. The van der Waals surface area contributed by atoms with Gasteiger partial charge in [0.15, 0.2) is 0 Å². The van der Waals surface area contributed by atoms with Crippen molar-refractivity contribution in [3.05, 3.63) is 0 Å². The number of quaternary nitrogens is 1. The number of nitrogens with zero attached hydrogens (tertiary/aromatic N) is 1. The van der Waals surface area contributed by atoms with Crippen LogP contribution in [0.25, 0.3) is 0 Å². The maximum Gasteiger partial charge on any atom is 0.295 e. The van der Waals surface area contributed by atoms with E-state index in [-0.39, 0.29) is 0 Å². The van der Waals surface area contributed by atoms with Gasteiger partial charge in [0.1, 0.15) is 0 Å². The number of hydrogen-bond donors (Lipinski definition) is 2. The molecule has 0 saturated carbocycles. The highest BCUT2D eigenvalue weighted by atomic mass is 15.3. The smallest absolute Gasteiger partial charge is 0.295 e. The van der Waals surface area contributed by atoms with E-state index in [1.54, 1.807) is 0 Å². The number of piperidine rings is 1. The van der Waals surface area contributed by atoms with Gasteiger partial charge in [0.25, 0.3) is 5.96 Å². The summed E-state index contributed by atoms with van der Waals surface area (Å²) in [6.45, 7) is 2.17. The van der Waals surface area contributed by atoms with E-state index in [0.29, 0.717) is 0 Å². The van der Waals surface area contributed by atoms with Crippen LogP contribution in [0.5, 0.6) is 0 Å². The third-order valence-corrected chi connectivity index (χ3v) is 2.15. The average Bonchev–Trinajstić information content (AvgIpc) is 2.05. The molecule has 3 heteroatoms. The fourth-order valence-corrected chi connectivity index (χ4v) is 1.43. The van der Waals surface area contributed by atoms with Crippen LogP contribution in [0.2, 0.25) is 0 Å². The van der Waals surface area contributed by atoms with E-state index in [0.717, 1.165) is 23.9 Å². The lowest BCUT2D eigenvalue weighted by Crippen LogP contribution is -3.10. The van der Waals surface area contributed by atoms with Gasteiger partial charge in [-0.05, 0) is 19.3 Å². The van der Waals surface area contributed by atoms with Gasteiger partial charge in [-0.2, -0.15) is 0 Å². The summed E-state index contributed by atoms with van der Waals surface area (Å²) in [5, 5.41) is 7.73. The highest BCUT2D eigenvalue weighted by molar-refractivity contribution is 5.67. The molecule has 11 heavy (non-hydrogen) atoms. The van der Waals surface area contributed by atoms with Gasteiger partial charge in [0.05, 0.1) is 14.1 Å². The van der Waals surface area contributed by atoms with Crippen LogP contribution in [0, 0.1) is 5.41 Å². The molecule has 0 aliphatic carbocycles. The molecule has 0 spiro atoms. The van der Waals surface area contributed by atoms with Crippen molar-refractivity contribution < 1.29 is 4.90 Å². The molecule has 1 heterocycles. The second kappa shape index (κ2) is 3.72. The van der Waals surface area contributed by atoms with Gasteiger partial charge in [-0.15, -0.1) is 0 Å². The van der Waals surface area contributed by atoms with Crippen molar-refractivity contribution in [2.24, 2.45) is 0 Å². The normalized spacial score (nSPS) is 19.0. The van der Waals surface area contributed by atoms with Crippen molar-refractivity contribution in [2.75, 3.05) is 27.2 Å². The molecule has 0 radical (unpaired) electrons. The first-order valence-electron chi connectivity index (χ1n) is 4.36. The Kier molecular flexibility index (Phi) is 2.88. The molecule has 1 aliphatic rings. The number of nitrogens with one attached hydrogen (secondary N) is 2. The zero-order valence-corrected chi connectivity index (χ0v) is 7.48. The lowest BCUT2D eigenvalue weighted by Gasteiger charge is -2.28. The quantitative estimate of drug-likeness (QED) is 0.361. The summed E-state index contributed by atoms with van der Waals surface area (Å²) in [6, 6.07) is 0. The first-order chi connectivity index (χ1) is 5.22. The van der Waals surface area contributed by atoms with Crippen LogP contribution < -0.4 is 4.90 Å². The van der Waals surface area contributed by atoms with Crippen LogP contribution in [0.15, 0.2) is 0 Å². The van der Waals surface area contributed by atoms with Crippen LogP contribution in [-0.4, -0.2) is 38.0 Å². The fraction of sp³-hybridized carbons (Fsp3) is 0.875. The molecule has 0 unspecified atom stereocenters. The Balaban J connectivity index is 2.39.